The Bertz CT molecular complexity index is 2220. The number of rotatable bonds is 12. The molecule has 0 radical (unpaired) electrons. The first-order valence-corrected chi connectivity index (χ1v) is 16.6. The highest BCUT2D eigenvalue weighted by Gasteiger charge is 2.29. The van der Waals surface area contributed by atoms with Crippen molar-refractivity contribution in [3.05, 3.63) is 166 Å². The molecule has 0 atom stereocenters. The van der Waals surface area contributed by atoms with E-state index < -0.39 is 29.8 Å². The Morgan fingerprint density at radius 3 is 1.75 bits per heavy atom. The average molecular weight is 711 g/mol. The van der Waals surface area contributed by atoms with Gasteiger partial charge in [-0.05, 0) is 60.4 Å². The van der Waals surface area contributed by atoms with Gasteiger partial charge in [-0.1, -0.05) is 91.0 Å². The lowest BCUT2D eigenvalue weighted by Gasteiger charge is -2.23. The van der Waals surface area contributed by atoms with Crippen LogP contribution in [0.15, 0.2) is 121 Å². The SMILES string of the molecule is Cc1nc2cc(C(=O)N(CCc3ccccc3)C(=O)Nc3cc(C(=O)OCc4ccccc4)cc(C(=O)OCc4ccccc4)c3)c(C(=O)O)cc2[nH]1. The van der Waals surface area contributed by atoms with Gasteiger partial charge in [-0.2, -0.15) is 0 Å². The van der Waals surface area contributed by atoms with Crippen LogP contribution in [0.1, 0.15) is 63.9 Å². The highest BCUT2D eigenvalue weighted by atomic mass is 16.5. The van der Waals surface area contributed by atoms with E-state index in [4.69, 9.17) is 9.47 Å². The molecule has 0 saturated heterocycles. The van der Waals surface area contributed by atoms with Crippen LogP contribution in [0.2, 0.25) is 0 Å². The van der Waals surface area contributed by atoms with Gasteiger partial charge in [0.1, 0.15) is 19.0 Å². The molecule has 1 heterocycles. The molecular formula is C41H34N4O8. The summed E-state index contributed by atoms with van der Waals surface area (Å²) in [5, 5.41) is 12.7. The Morgan fingerprint density at radius 1 is 0.698 bits per heavy atom. The van der Waals surface area contributed by atoms with Crippen LogP contribution in [0.3, 0.4) is 0 Å². The first-order chi connectivity index (χ1) is 25.6. The van der Waals surface area contributed by atoms with Crippen LogP contribution in [0, 0.1) is 6.92 Å². The third kappa shape index (κ3) is 8.99. The molecule has 6 rings (SSSR count). The first-order valence-electron chi connectivity index (χ1n) is 16.6. The molecule has 5 aromatic carbocycles. The molecule has 0 aliphatic carbocycles. The molecule has 0 saturated carbocycles. The largest absolute Gasteiger partial charge is 0.478 e. The third-order valence-electron chi connectivity index (χ3n) is 8.24. The summed E-state index contributed by atoms with van der Waals surface area (Å²) in [5.74, 6) is -3.29. The summed E-state index contributed by atoms with van der Waals surface area (Å²) < 4.78 is 11.0. The molecule has 266 valence electrons. The lowest BCUT2D eigenvalue weighted by Crippen LogP contribution is -2.42. The molecule has 3 N–H and O–H groups in total. The predicted molar refractivity (Wildman–Crippen MR) is 196 cm³/mol. The van der Waals surface area contributed by atoms with E-state index in [1.807, 2.05) is 42.5 Å². The Balaban J connectivity index is 1.32. The molecule has 1 aromatic heterocycles. The van der Waals surface area contributed by atoms with Crippen LogP contribution in [-0.4, -0.2) is 56.4 Å². The molecule has 3 amide bonds. The molecule has 0 unspecified atom stereocenters. The minimum absolute atomic E-state index is 0.00910. The number of aromatic amines is 1. The average Bonchev–Trinajstić information content (AvgIpc) is 3.55. The van der Waals surface area contributed by atoms with Crippen molar-refractivity contribution in [1.29, 1.82) is 0 Å². The smallest absolute Gasteiger partial charge is 0.338 e. The van der Waals surface area contributed by atoms with E-state index in [2.05, 4.69) is 15.3 Å². The van der Waals surface area contributed by atoms with Crippen molar-refractivity contribution in [3.8, 4) is 0 Å². The van der Waals surface area contributed by atoms with Crippen molar-refractivity contribution < 1.29 is 38.6 Å². The number of amides is 3. The molecular weight excluding hydrogens is 676 g/mol. The monoisotopic (exact) mass is 710 g/mol. The van der Waals surface area contributed by atoms with Crippen molar-refractivity contribution in [1.82, 2.24) is 14.9 Å². The van der Waals surface area contributed by atoms with Crippen LogP contribution in [-0.2, 0) is 29.1 Å². The number of imide groups is 1. The number of aromatic carboxylic acids is 1. The Hall–Kier alpha value is -7.08. The van der Waals surface area contributed by atoms with Crippen LogP contribution in [0.4, 0.5) is 10.5 Å². The molecule has 12 heteroatoms. The zero-order valence-corrected chi connectivity index (χ0v) is 28.6. The molecule has 6 aromatic rings. The van der Waals surface area contributed by atoms with E-state index in [1.54, 1.807) is 55.5 Å². The van der Waals surface area contributed by atoms with E-state index in [-0.39, 0.29) is 54.1 Å². The van der Waals surface area contributed by atoms with E-state index in [0.29, 0.717) is 16.9 Å². The maximum absolute atomic E-state index is 14.2. The van der Waals surface area contributed by atoms with Crippen molar-refractivity contribution in [2.75, 3.05) is 11.9 Å². The van der Waals surface area contributed by atoms with E-state index in [0.717, 1.165) is 21.6 Å². The molecule has 53 heavy (non-hydrogen) atoms. The van der Waals surface area contributed by atoms with Gasteiger partial charge in [0.2, 0.25) is 0 Å². The summed E-state index contributed by atoms with van der Waals surface area (Å²) in [6.07, 6.45) is 0.245. The van der Waals surface area contributed by atoms with Gasteiger partial charge in [0.25, 0.3) is 5.91 Å². The molecule has 0 fully saturated rings. The number of fused-ring (bicyclic) bond motifs is 1. The van der Waals surface area contributed by atoms with Gasteiger partial charge < -0.3 is 24.9 Å². The number of urea groups is 1. The van der Waals surface area contributed by atoms with Gasteiger partial charge in [-0.3, -0.25) is 9.69 Å². The lowest BCUT2D eigenvalue weighted by molar-refractivity contribution is 0.0469. The fraction of sp³-hybridized carbons (Fsp3) is 0.122. The maximum atomic E-state index is 14.2. The van der Waals surface area contributed by atoms with Gasteiger partial charge in [0.05, 0.1) is 33.3 Å². The number of hydrogen-bond donors (Lipinski definition) is 3. The topological polar surface area (TPSA) is 168 Å². The second-order valence-corrected chi connectivity index (χ2v) is 12.1. The number of benzene rings is 5. The minimum atomic E-state index is -1.37. The van der Waals surface area contributed by atoms with Gasteiger partial charge in [0.15, 0.2) is 0 Å². The maximum Gasteiger partial charge on any atom is 0.338 e. The highest BCUT2D eigenvalue weighted by Crippen LogP contribution is 2.23. The summed E-state index contributed by atoms with van der Waals surface area (Å²) in [4.78, 5) is 75.4. The Labute approximate surface area is 304 Å². The fourth-order valence-electron chi connectivity index (χ4n) is 5.60. The Kier molecular flexibility index (Phi) is 11.0. The van der Waals surface area contributed by atoms with Crippen molar-refractivity contribution in [2.24, 2.45) is 0 Å². The Morgan fingerprint density at radius 2 is 1.23 bits per heavy atom. The minimum Gasteiger partial charge on any atom is -0.478 e. The van der Waals surface area contributed by atoms with Crippen molar-refractivity contribution in [3.63, 3.8) is 0 Å². The number of hydrogen-bond acceptors (Lipinski definition) is 8. The molecule has 0 aliphatic rings. The normalized spacial score (nSPS) is 10.7. The lowest BCUT2D eigenvalue weighted by atomic mass is 10.0. The van der Waals surface area contributed by atoms with Crippen LogP contribution >= 0.6 is 0 Å². The summed E-state index contributed by atoms with van der Waals surface area (Å²) >= 11 is 0. The number of carbonyl (C=O) groups is 5. The predicted octanol–water partition coefficient (Wildman–Crippen LogP) is 7.20. The molecule has 12 nitrogen and oxygen atoms in total. The van der Waals surface area contributed by atoms with Gasteiger partial charge in [-0.15, -0.1) is 0 Å². The first kappa shape index (κ1) is 35.7. The number of nitrogens with one attached hydrogen (secondary N) is 2. The standard InChI is InChI=1S/C41H34N4O8/c1-26-42-35-22-33(34(38(47)48)23-36(35)43-26)37(46)45(18-17-27-11-5-2-6-12-27)41(51)44-32-20-30(39(49)52-24-28-13-7-3-8-14-28)19-31(21-32)40(50)53-25-29-15-9-4-10-16-29/h2-16,19-23H,17-18,24-25H2,1H3,(H,42,43)(H,44,51)(H,47,48). The zero-order chi connectivity index (χ0) is 37.3. The third-order valence-corrected chi connectivity index (χ3v) is 8.24. The number of nitrogens with zero attached hydrogens (tertiary/aromatic N) is 2. The summed E-state index contributed by atoms with van der Waals surface area (Å²) in [5.41, 5.74) is 2.37. The second kappa shape index (κ2) is 16.3. The van der Waals surface area contributed by atoms with Crippen LogP contribution in [0.5, 0.6) is 0 Å². The number of esters is 2. The zero-order valence-electron chi connectivity index (χ0n) is 28.6. The summed E-state index contributed by atoms with van der Waals surface area (Å²) in [6, 6.07) is 32.8. The quantitative estimate of drug-likeness (QED) is 0.111. The van der Waals surface area contributed by atoms with E-state index >= 15 is 0 Å². The number of aromatic nitrogens is 2. The number of carbonyl (C=O) groups excluding carboxylic acids is 4. The van der Waals surface area contributed by atoms with Crippen LogP contribution in [0.25, 0.3) is 11.0 Å². The van der Waals surface area contributed by atoms with Crippen molar-refractivity contribution >= 4 is 46.6 Å². The summed E-state index contributed by atoms with van der Waals surface area (Å²) in [6.45, 7) is 1.46. The molecule has 0 bridgehead atoms. The van der Waals surface area contributed by atoms with Gasteiger partial charge >= 0.3 is 23.9 Å². The number of anilines is 1. The second-order valence-electron chi connectivity index (χ2n) is 12.1. The number of ether oxygens (including phenoxy) is 2. The molecule has 0 aliphatic heterocycles. The number of carboxylic acids is 1. The van der Waals surface area contributed by atoms with Crippen LogP contribution < -0.4 is 5.32 Å². The van der Waals surface area contributed by atoms with E-state index in [1.165, 1.54) is 30.3 Å². The number of carboxylic acid groups (broad SMARTS) is 1. The number of H-pyrrole nitrogens is 1. The van der Waals surface area contributed by atoms with Gasteiger partial charge in [0, 0.05) is 12.2 Å². The fourth-order valence-corrected chi connectivity index (χ4v) is 5.60. The van der Waals surface area contributed by atoms with E-state index in [9.17, 15) is 29.1 Å². The number of imidazole rings is 1. The highest BCUT2D eigenvalue weighted by molar-refractivity contribution is 6.14. The van der Waals surface area contributed by atoms with Gasteiger partial charge in [-0.25, -0.2) is 24.2 Å². The number of aryl methyl sites for hydroxylation is 1. The molecule has 0 spiro atoms. The van der Waals surface area contributed by atoms with Crippen molar-refractivity contribution in [2.45, 2.75) is 26.6 Å². The summed E-state index contributed by atoms with van der Waals surface area (Å²) in [7, 11) is 0.